The van der Waals surface area contributed by atoms with Gasteiger partial charge < -0.3 is 17.3 Å². The molecule has 1 aliphatic rings. The van der Waals surface area contributed by atoms with E-state index in [1.807, 2.05) is 0 Å². The Bertz CT molecular complexity index is 438. The fraction of sp³-hybridized carbons (Fsp3) is 0.200. The van der Waals surface area contributed by atoms with E-state index in [0.717, 1.165) is 6.42 Å². The van der Waals surface area contributed by atoms with E-state index in [4.69, 9.17) is 0 Å². The van der Waals surface area contributed by atoms with Crippen molar-refractivity contribution in [3.63, 3.8) is 0 Å². The minimum Gasteiger partial charge on any atom is -1.00 e. The Balaban J connectivity index is 0.00000144. The molecule has 1 aliphatic carbocycles. The standard InChI is InChI=1S/C15H16N.ClH/c1-16(2)15-11-9-14(10-12-15)13-7-5-3-4-6-8-13;/h3-5,7,9-12H,6H2,1-2H3;1H/q+1;/p-1. The molecule has 2 rings (SSSR count). The predicted molar refractivity (Wildman–Crippen MR) is 70.3 cm³/mol. The summed E-state index contributed by atoms with van der Waals surface area (Å²) in [5.41, 5.74) is 3.63. The molecule has 0 saturated heterocycles. The largest absolute Gasteiger partial charge is 1.00 e. The fourth-order valence-corrected chi connectivity index (χ4v) is 1.66. The summed E-state index contributed by atoms with van der Waals surface area (Å²) in [6, 6.07) is 8.56. The van der Waals surface area contributed by atoms with E-state index >= 15 is 0 Å². The van der Waals surface area contributed by atoms with Crippen molar-refractivity contribution < 1.29 is 12.4 Å². The maximum absolute atomic E-state index is 3.38. The second-order valence-corrected chi connectivity index (χ2v) is 4.02. The van der Waals surface area contributed by atoms with Gasteiger partial charge in [0.25, 0.3) is 0 Å². The molecule has 88 valence electrons. The van der Waals surface area contributed by atoms with Gasteiger partial charge in [0, 0.05) is 38.0 Å². The Morgan fingerprint density at radius 2 is 1.76 bits per heavy atom. The Morgan fingerprint density at radius 3 is 2.41 bits per heavy atom. The molecule has 1 aromatic rings. The molecular weight excluding hydrogens is 230 g/mol. The van der Waals surface area contributed by atoms with E-state index in [9.17, 15) is 0 Å². The molecule has 0 fully saturated rings. The molecule has 0 saturated carbocycles. The number of halogens is 1. The van der Waals surface area contributed by atoms with Gasteiger partial charge in [-0.2, -0.15) is 0 Å². The summed E-state index contributed by atoms with van der Waals surface area (Å²) < 4.78 is 0. The number of hydrogen-bond acceptors (Lipinski definition) is 1. The van der Waals surface area contributed by atoms with E-state index in [0.29, 0.717) is 0 Å². The predicted octanol–water partition coefficient (Wildman–Crippen LogP) is 0.459. The molecule has 17 heavy (non-hydrogen) atoms. The molecule has 0 amide bonds. The lowest BCUT2D eigenvalue weighted by molar-refractivity contribution is -0.00000322. The van der Waals surface area contributed by atoms with Crippen molar-refractivity contribution in [1.82, 2.24) is 0 Å². The highest BCUT2D eigenvalue weighted by Gasteiger charge is 2.09. The van der Waals surface area contributed by atoms with Crippen LogP contribution >= 0.6 is 0 Å². The molecule has 0 aliphatic heterocycles. The fourth-order valence-electron chi connectivity index (χ4n) is 1.66. The van der Waals surface area contributed by atoms with Crippen LogP contribution in [0, 0.1) is 6.08 Å². The topological polar surface area (TPSA) is 3.24 Å². The van der Waals surface area contributed by atoms with Crippen LogP contribution in [0.25, 0.3) is 5.57 Å². The van der Waals surface area contributed by atoms with Gasteiger partial charge in [0.05, 0.1) is 18.1 Å². The van der Waals surface area contributed by atoms with Crippen LogP contribution in [0.15, 0.2) is 48.6 Å². The van der Waals surface area contributed by atoms with Crippen LogP contribution in [-0.4, -0.2) is 14.1 Å². The number of hydrogen-bond donors (Lipinski definition) is 0. The van der Waals surface area contributed by atoms with Gasteiger partial charge in [0.2, 0.25) is 0 Å². The number of allylic oxidation sites excluding steroid dienone is 6. The summed E-state index contributed by atoms with van der Waals surface area (Å²) in [6.07, 6.45) is 12.6. The quantitative estimate of drug-likeness (QED) is 0.685. The molecular formula is C15H16ClN. The van der Waals surface area contributed by atoms with Crippen molar-refractivity contribution >= 4 is 11.3 Å². The van der Waals surface area contributed by atoms with Gasteiger partial charge in [-0.15, -0.1) is 0 Å². The van der Waals surface area contributed by atoms with Crippen molar-refractivity contribution in [2.45, 2.75) is 6.42 Å². The molecule has 1 aromatic carbocycles. The van der Waals surface area contributed by atoms with E-state index in [1.54, 1.807) is 0 Å². The van der Waals surface area contributed by atoms with Crippen LogP contribution in [0.2, 0.25) is 0 Å². The van der Waals surface area contributed by atoms with Crippen molar-refractivity contribution in [2.24, 2.45) is 0 Å². The molecule has 1 nitrogen and oxygen atoms in total. The lowest BCUT2D eigenvalue weighted by Crippen LogP contribution is -3.00. The first-order valence-electron chi connectivity index (χ1n) is 5.49. The third kappa shape index (κ3) is 3.45. The first-order valence-corrected chi connectivity index (χ1v) is 5.49. The number of nitrogens with zero attached hydrogens (tertiary/aromatic N) is 1. The van der Waals surface area contributed by atoms with E-state index in [2.05, 4.69) is 73.6 Å². The molecule has 0 radical (unpaired) electrons. The SMILES string of the molecule is CN(C)c1ccc(C2=[C+]CC=CC=C2)cc1.[Cl-]. The Hall–Kier alpha value is -1.56. The first-order chi connectivity index (χ1) is 7.77. The maximum atomic E-state index is 3.38. The molecule has 0 unspecified atom stereocenters. The average molecular weight is 246 g/mol. The molecule has 2 heteroatoms. The molecule has 0 aromatic heterocycles. The Labute approximate surface area is 110 Å². The molecule has 0 atom stereocenters. The van der Waals surface area contributed by atoms with Gasteiger partial charge in [-0.25, -0.2) is 0 Å². The number of anilines is 1. The van der Waals surface area contributed by atoms with Crippen molar-refractivity contribution in [3.05, 3.63) is 60.2 Å². The molecule has 0 heterocycles. The lowest BCUT2D eigenvalue weighted by Gasteiger charge is -2.11. The van der Waals surface area contributed by atoms with Gasteiger partial charge in [-0.3, -0.25) is 0 Å². The van der Waals surface area contributed by atoms with Crippen LogP contribution in [-0.2, 0) is 0 Å². The summed E-state index contributed by atoms with van der Waals surface area (Å²) in [4.78, 5) is 2.10. The van der Waals surface area contributed by atoms with Crippen LogP contribution in [0.1, 0.15) is 12.0 Å². The Morgan fingerprint density at radius 1 is 1.06 bits per heavy atom. The van der Waals surface area contributed by atoms with Crippen LogP contribution in [0.3, 0.4) is 0 Å². The van der Waals surface area contributed by atoms with Crippen LogP contribution in [0.5, 0.6) is 0 Å². The zero-order valence-corrected chi connectivity index (χ0v) is 10.9. The monoisotopic (exact) mass is 245 g/mol. The smallest absolute Gasteiger partial charge is 0.191 e. The number of benzene rings is 1. The zero-order chi connectivity index (χ0) is 11.4. The van der Waals surface area contributed by atoms with Crippen molar-refractivity contribution in [2.75, 3.05) is 19.0 Å². The summed E-state index contributed by atoms with van der Waals surface area (Å²) >= 11 is 0. The van der Waals surface area contributed by atoms with E-state index in [-0.39, 0.29) is 12.4 Å². The third-order valence-electron chi connectivity index (χ3n) is 2.62. The lowest BCUT2D eigenvalue weighted by atomic mass is 10.0. The van der Waals surface area contributed by atoms with Gasteiger partial charge in [-0.05, 0) is 18.2 Å². The minimum absolute atomic E-state index is 0. The summed E-state index contributed by atoms with van der Waals surface area (Å²) in [5, 5.41) is 0. The van der Waals surface area contributed by atoms with Crippen LogP contribution in [0.4, 0.5) is 5.69 Å². The summed E-state index contributed by atoms with van der Waals surface area (Å²) in [5.74, 6) is 0. The van der Waals surface area contributed by atoms with Gasteiger partial charge >= 0.3 is 0 Å². The average Bonchev–Trinajstić information content (AvgIpc) is 2.57. The second-order valence-electron chi connectivity index (χ2n) is 4.02. The second kappa shape index (κ2) is 6.24. The highest BCUT2D eigenvalue weighted by molar-refractivity contribution is 5.74. The molecule has 0 bridgehead atoms. The minimum atomic E-state index is 0. The van der Waals surface area contributed by atoms with Gasteiger partial charge in [-0.1, -0.05) is 12.2 Å². The highest BCUT2D eigenvalue weighted by Crippen LogP contribution is 2.21. The van der Waals surface area contributed by atoms with Gasteiger partial charge in [0.1, 0.15) is 0 Å². The molecule has 0 N–H and O–H groups in total. The molecule has 0 spiro atoms. The van der Waals surface area contributed by atoms with Gasteiger partial charge in [0.15, 0.2) is 5.57 Å². The summed E-state index contributed by atoms with van der Waals surface area (Å²) in [7, 11) is 4.10. The number of rotatable bonds is 2. The van der Waals surface area contributed by atoms with Crippen molar-refractivity contribution in [1.29, 1.82) is 0 Å². The maximum Gasteiger partial charge on any atom is 0.191 e. The van der Waals surface area contributed by atoms with E-state index < -0.39 is 0 Å². The summed E-state index contributed by atoms with van der Waals surface area (Å²) in [6.45, 7) is 0. The Kier molecular flexibility index (Phi) is 4.96. The first kappa shape index (κ1) is 13.5. The van der Waals surface area contributed by atoms with E-state index in [1.165, 1.54) is 16.8 Å². The zero-order valence-electron chi connectivity index (χ0n) is 10.2. The highest BCUT2D eigenvalue weighted by atomic mass is 35.5. The third-order valence-corrected chi connectivity index (χ3v) is 2.62. The van der Waals surface area contributed by atoms with Crippen LogP contribution < -0.4 is 17.3 Å². The van der Waals surface area contributed by atoms with Crippen molar-refractivity contribution in [3.8, 4) is 0 Å². The normalized spacial score (nSPS) is 13.2.